The van der Waals surface area contributed by atoms with Crippen molar-refractivity contribution >= 4 is 5.84 Å². The second-order valence-corrected chi connectivity index (χ2v) is 5.67. The first-order valence-corrected chi connectivity index (χ1v) is 7.54. The normalized spacial score (nSPS) is 18.9. The quantitative estimate of drug-likeness (QED) is 0.323. The van der Waals surface area contributed by atoms with Crippen LogP contribution in [0.5, 0.6) is 0 Å². The summed E-state index contributed by atoms with van der Waals surface area (Å²) in [6.45, 7) is 1.01. The first-order chi connectivity index (χ1) is 9.79. The summed E-state index contributed by atoms with van der Waals surface area (Å²) < 4.78 is 0. The van der Waals surface area contributed by atoms with Crippen molar-refractivity contribution in [1.82, 2.24) is 5.32 Å². The van der Waals surface area contributed by atoms with Crippen LogP contribution in [0.1, 0.15) is 50.1 Å². The lowest BCUT2D eigenvalue weighted by atomic mass is 9.89. The highest BCUT2D eigenvalue weighted by molar-refractivity contribution is 5.80. The minimum Gasteiger partial charge on any atom is -0.409 e. The second kappa shape index (κ2) is 7.90. The number of nitrogens with one attached hydrogen (secondary N) is 1. The molecule has 0 amide bonds. The fourth-order valence-electron chi connectivity index (χ4n) is 2.94. The zero-order chi connectivity index (χ0) is 14.2. The molecule has 0 spiro atoms. The van der Waals surface area contributed by atoms with Gasteiger partial charge in [0.1, 0.15) is 5.84 Å². The molecule has 1 aromatic carbocycles. The monoisotopic (exact) mass is 275 g/mol. The number of amidine groups is 1. The molecular formula is C16H25N3O. The van der Waals surface area contributed by atoms with Gasteiger partial charge in [0.15, 0.2) is 0 Å². The van der Waals surface area contributed by atoms with E-state index in [1.807, 2.05) is 18.2 Å². The van der Waals surface area contributed by atoms with Gasteiger partial charge in [-0.3, -0.25) is 0 Å². The Balaban J connectivity index is 1.95. The Morgan fingerprint density at radius 2 is 1.95 bits per heavy atom. The molecule has 1 atom stereocenters. The fourth-order valence-corrected chi connectivity index (χ4v) is 2.94. The van der Waals surface area contributed by atoms with Crippen LogP contribution < -0.4 is 11.1 Å². The summed E-state index contributed by atoms with van der Waals surface area (Å²) in [5.41, 5.74) is 6.87. The summed E-state index contributed by atoms with van der Waals surface area (Å²) in [4.78, 5) is 0. The molecule has 4 N–H and O–H groups in total. The Hall–Kier alpha value is -1.55. The number of rotatable bonds is 6. The molecule has 110 valence electrons. The van der Waals surface area contributed by atoms with Gasteiger partial charge in [0.25, 0.3) is 0 Å². The lowest BCUT2D eigenvalue weighted by Crippen LogP contribution is -2.31. The van der Waals surface area contributed by atoms with Gasteiger partial charge in [0.05, 0.1) is 0 Å². The molecule has 4 nitrogen and oxygen atoms in total. The second-order valence-electron chi connectivity index (χ2n) is 5.67. The first-order valence-electron chi connectivity index (χ1n) is 7.54. The largest absolute Gasteiger partial charge is 0.409 e. The van der Waals surface area contributed by atoms with Crippen LogP contribution in [0.2, 0.25) is 0 Å². The lowest BCUT2D eigenvalue weighted by Gasteiger charge is -2.25. The summed E-state index contributed by atoms with van der Waals surface area (Å²) >= 11 is 0. The highest BCUT2D eigenvalue weighted by atomic mass is 16.4. The van der Waals surface area contributed by atoms with Crippen LogP contribution in [0.4, 0.5) is 0 Å². The van der Waals surface area contributed by atoms with Crippen LogP contribution in [0, 0.1) is 5.92 Å². The van der Waals surface area contributed by atoms with E-state index in [9.17, 15) is 0 Å². The molecule has 0 aliphatic heterocycles. The molecule has 1 fully saturated rings. The van der Waals surface area contributed by atoms with Gasteiger partial charge in [-0.2, -0.15) is 0 Å². The summed E-state index contributed by atoms with van der Waals surface area (Å²) in [6.07, 6.45) is 7.25. The summed E-state index contributed by atoms with van der Waals surface area (Å²) in [5, 5.41) is 15.5. The summed E-state index contributed by atoms with van der Waals surface area (Å²) in [6, 6.07) is 10.3. The Morgan fingerprint density at radius 3 is 2.60 bits per heavy atom. The molecule has 0 radical (unpaired) electrons. The van der Waals surface area contributed by atoms with Gasteiger partial charge in [0, 0.05) is 12.5 Å². The minimum atomic E-state index is 0.119. The van der Waals surface area contributed by atoms with Crippen molar-refractivity contribution in [2.24, 2.45) is 16.8 Å². The standard InChI is InChI=1S/C16H25N3O/c17-16(19-20)11-15(14-9-5-2-6-10-14)18-12-13-7-3-1-4-8-13/h2,5-6,9-10,13,15,18,20H,1,3-4,7-8,11-12H2,(H2,17,19). The van der Waals surface area contributed by atoms with Gasteiger partial charge < -0.3 is 16.3 Å². The molecule has 4 heteroatoms. The highest BCUT2D eigenvalue weighted by Crippen LogP contribution is 2.24. The van der Waals surface area contributed by atoms with Crippen molar-refractivity contribution in [1.29, 1.82) is 0 Å². The van der Waals surface area contributed by atoms with Gasteiger partial charge in [-0.05, 0) is 30.9 Å². The van der Waals surface area contributed by atoms with Crippen LogP contribution in [-0.4, -0.2) is 17.6 Å². The number of hydrogen-bond donors (Lipinski definition) is 3. The van der Waals surface area contributed by atoms with Gasteiger partial charge in [-0.1, -0.05) is 54.8 Å². The molecule has 1 unspecified atom stereocenters. The van der Waals surface area contributed by atoms with Gasteiger partial charge in [0.2, 0.25) is 0 Å². The Bertz CT molecular complexity index is 413. The molecule has 20 heavy (non-hydrogen) atoms. The van der Waals surface area contributed by atoms with E-state index in [2.05, 4.69) is 22.6 Å². The zero-order valence-corrected chi connectivity index (χ0v) is 12.0. The Kier molecular flexibility index (Phi) is 5.87. The maximum absolute atomic E-state index is 8.78. The minimum absolute atomic E-state index is 0.119. The molecule has 0 heterocycles. The van der Waals surface area contributed by atoms with Crippen LogP contribution in [-0.2, 0) is 0 Å². The smallest absolute Gasteiger partial charge is 0.141 e. The van der Waals surface area contributed by atoms with Crippen LogP contribution in [0.25, 0.3) is 0 Å². The van der Waals surface area contributed by atoms with Gasteiger partial charge in [-0.25, -0.2) is 0 Å². The molecule has 0 saturated heterocycles. The predicted molar refractivity (Wildman–Crippen MR) is 81.8 cm³/mol. The van der Waals surface area contributed by atoms with Crippen molar-refractivity contribution in [3.63, 3.8) is 0 Å². The van der Waals surface area contributed by atoms with E-state index in [1.54, 1.807) is 0 Å². The molecule has 0 bridgehead atoms. The molecule has 1 saturated carbocycles. The zero-order valence-electron chi connectivity index (χ0n) is 12.0. The van der Waals surface area contributed by atoms with Crippen molar-refractivity contribution in [2.75, 3.05) is 6.54 Å². The SMILES string of the molecule is NC(CC(NCC1CCCCC1)c1ccccc1)=NO. The van der Waals surface area contributed by atoms with Crippen LogP contribution >= 0.6 is 0 Å². The van der Waals surface area contributed by atoms with Crippen molar-refractivity contribution in [2.45, 2.75) is 44.6 Å². The van der Waals surface area contributed by atoms with Crippen molar-refractivity contribution < 1.29 is 5.21 Å². The topological polar surface area (TPSA) is 70.6 Å². The molecule has 1 aromatic rings. The maximum atomic E-state index is 8.78. The van der Waals surface area contributed by atoms with E-state index >= 15 is 0 Å². The third kappa shape index (κ3) is 4.53. The molecule has 0 aromatic heterocycles. The van der Waals surface area contributed by atoms with Crippen LogP contribution in [0.15, 0.2) is 35.5 Å². The van der Waals surface area contributed by atoms with E-state index in [0.29, 0.717) is 6.42 Å². The van der Waals surface area contributed by atoms with Crippen molar-refractivity contribution in [3.8, 4) is 0 Å². The van der Waals surface area contributed by atoms with Crippen LogP contribution in [0.3, 0.4) is 0 Å². The number of oxime groups is 1. The Morgan fingerprint density at radius 1 is 1.25 bits per heavy atom. The number of benzene rings is 1. The van der Waals surface area contributed by atoms with E-state index < -0.39 is 0 Å². The van der Waals surface area contributed by atoms with Crippen molar-refractivity contribution in [3.05, 3.63) is 35.9 Å². The summed E-state index contributed by atoms with van der Waals surface area (Å²) in [5.74, 6) is 1.04. The average Bonchev–Trinajstić information content (AvgIpc) is 2.53. The highest BCUT2D eigenvalue weighted by Gasteiger charge is 2.17. The molecular weight excluding hydrogens is 250 g/mol. The maximum Gasteiger partial charge on any atom is 0.141 e. The van der Waals surface area contributed by atoms with E-state index in [-0.39, 0.29) is 11.9 Å². The van der Waals surface area contributed by atoms with E-state index in [4.69, 9.17) is 10.9 Å². The van der Waals surface area contributed by atoms with E-state index in [0.717, 1.165) is 12.5 Å². The first kappa shape index (κ1) is 14.9. The Labute approximate surface area is 121 Å². The molecule has 1 aliphatic rings. The lowest BCUT2D eigenvalue weighted by molar-refractivity contribution is 0.312. The summed E-state index contributed by atoms with van der Waals surface area (Å²) in [7, 11) is 0. The van der Waals surface area contributed by atoms with Gasteiger partial charge >= 0.3 is 0 Å². The number of nitrogens with two attached hydrogens (primary N) is 1. The van der Waals surface area contributed by atoms with E-state index in [1.165, 1.54) is 37.7 Å². The molecule has 1 aliphatic carbocycles. The van der Waals surface area contributed by atoms with Gasteiger partial charge in [-0.15, -0.1) is 0 Å². The number of nitrogens with zero attached hydrogens (tertiary/aromatic N) is 1. The molecule has 2 rings (SSSR count). The third-order valence-corrected chi connectivity index (χ3v) is 4.12. The number of hydrogen-bond acceptors (Lipinski definition) is 3. The fraction of sp³-hybridized carbons (Fsp3) is 0.562. The third-order valence-electron chi connectivity index (χ3n) is 4.12. The average molecular weight is 275 g/mol. The predicted octanol–water partition coefficient (Wildman–Crippen LogP) is 3.03.